The molecule has 0 bridgehead atoms. The van der Waals surface area contributed by atoms with E-state index in [1.165, 1.54) is 11.8 Å². The molecule has 9 heteroatoms. The molecule has 174 valence electrons. The number of methoxy groups -OCH3 is 2. The number of nitrogens with zero attached hydrogens (tertiary/aromatic N) is 4. The molecule has 3 heterocycles. The van der Waals surface area contributed by atoms with Crippen molar-refractivity contribution in [3.63, 3.8) is 0 Å². The van der Waals surface area contributed by atoms with Crippen LogP contribution in [0.1, 0.15) is 43.0 Å². The van der Waals surface area contributed by atoms with E-state index >= 15 is 0 Å². The second-order valence-corrected chi connectivity index (χ2v) is 9.42. The van der Waals surface area contributed by atoms with Crippen LogP contribution in [0.5, 0.6) is 11.5 Å². The zero-order valence-electron chi connectivity index (χ0n) is 19.1. The van der Waals surface area contributed by atoms with Crippen molar-refractivity contribution in [2.75, 3.05) is 44.6 Å². The number of hydrogen-bond acceptors (Lipinski definition) is 8. The van der Waals surface area contributed by atoms with Crippen LogP contribution in [0.3, 0.4) is 0 Å². The van der Waals surface area contributed by atoms with Crippen molar-refractivity contribution in [3.05, 3.63) is 23.8 Å². The minimum Gasteiger partial charge on any atom is -0.493 e. The van der Waals surface area contributed by atoms with Gasteiger partial charge in [0.05, 0.1) is 32.6 Å². The SMILES string of the molecule is COc1ccc(C(=O)CSc2nnc(N3CCC(C)CC3)n2CC2CCCO2)cc1OC. The largest absolute Gasteiger partial charge is 0.493 e. The standard InChI is InChI=1S/C23H32N4O4S/c1-16-8-10-26(11-9-16)22-24-25-23(27(22)14-18-5-4-12-31-18)32-15-19(28)17-6-7-20(29-2)21(13-17)30-3/h6-7,13,16,18H,4-5,8-12,14-15H2,1-3H3. The van der Waals surface area contributed by atoms with Crippen LogP contribution < -0.4 is 14.4 Å². The third kappa shape index (κ3) is 5.20. The molecular weight excluding hydrogens is 428 g/mol. The maximum absolute atomic E-state index is 12.9. The molecule has 1 aromatic carbocycles. The highest BCUT2D eigenvalue weighted by Crippen LogP contribution is 2.30. The predicted molar refractivity (Wildman–Crippen MR) is 124 cm³/mol. The highest BCUT2D eigenvalue weighted by Gasteiger charge is 2.26. The summed E-state index contributed by atoms with van der Waals surface area (Å²) in [6.45, 7) is 5.81. The van der Waals surface area contributed by atoms with Crippen LogP contribution in [0.25, 0.3) is 0 Å². The molecule has 0 amide bonds. The number of aromatic nitrogens is 3. The van der Waals surface area contributed by atoms with Gasteiger partial charge in [-0.25, -0.2) is 0 Å². The Morgan fingerprint density at radius 2 is 1.94 bits per heavy atom. The first-order chi connectivity index (χ1) is 15.6. The third-order valence-electron chi connectivity index (χ3n) is 6.21. The van der Waals surface area contributed by atoms with Crippen molar-refractivity contribution in [2.24, 2.45) is 5.92 Å². The van der Waals surface area contributed by atoms with Crippen LogP contribution in [0.4, 0.5) is 5.95 Å². The molecule has 4 rings (SSSR count). The van der Waals surface area contributed by atoms with Crippen molar-refractivity contribution in [1.29, 1.82) is 0 Å². The van der Waals surface area contributed by atoms with Gasteiger partial charge in [-0.3, -0.25) is 9.36 Å². The molecule has 0 N–H and O–H groups in total. The number of thioether (sulfide) groups is 1. The van der Waals surface area contributed by atoms with Gasteiger partial charge in [0, 0.05) is 25.3 Å². The molecular formula is C23H32N4O4S. The molecule has 8 nitrogen and oxygen atoms in total. The quantitative estimate of drug-likeness (QED) is 0.414. The fraction of sp³-hybridized carbons (Fsp3) is 0.609. The van der Waals surface area contributed by atoms with Gasteiger partial charge in [-0.05, 0) is 49.8 Å². The van der Waals surface area contributed by atoms with Crippen molar-refractivity contribution in [3.8, 4) is 11.5 Å². The summed E-state index contributed by atoms with van der Waals surface area (Å²) >= 11 is 1.43. The average Bonchev–Trinajstić information content (AvgIpc) is 3.48. The van der Waals surface area contributed by atoms with Crippen LogP contribution in [0.15, 0.2) is 23.4 Å². The molecule has 0 saturated carbocycles. The Kier molecular flexibility index (Phi) is 7.57. The Bertz CT molecular complexity index is 921. The summed E-state index contributed by atoms with van der Waals surface area (Å²) in [5.41, 5.74) is 0.589. The lowest BCUT2D eigenvalue weighted by atomic mass is 10.00. The molecule has 0 spiro atoms. The molecule has 2 aromatic rings. The Balaban J connectivity index is 1.49. The van der Waals surface area contributed by atoms with Gasteiger partial charge in [-0.15, -0.1) is 10.2 Å². The van der Waals surface area contributed by atoms with E-state index < -0.39 is 0 Å². The third-order valence-corrected chi connectivity index (χ3v) is 7.18. The fourth-order valence-electron chi connectivity index (χ4n) is 4.21. The first-order valence-corrected chi connectivity index (χ1v) is 12.3. The zero-order chi connectivity index (χ0) is 22.5. The number of Topliss-reactive ketones (excluding diaryl/α,β-unsaturated/α-hetero) is 1. The van der Waals surface area contributed by atoms with Crippen LogP contribution in [-0.4, -0.2) is 66.3 Å². The van der Waals surface area contributed by atoms with Gasteiger partial charge in [0.15, 0.2) is 22.4 Å². The Labute approximate surface area is 193 Å². The minimum atomic E-state index is 0.0102. The van der Waals surface area contributed by atoms with Crippen molar-refractivity contribution >= 4 is 23.5 Å². The van der Waals surface area contributed by atoms with E-state index in [1.807, 2.05) is 0 Å². The summed E-state index contributed by atoms with van der Waals surface area (Å²) in [7, 11) is 3.15. The summed E-state index contributed by atoms with van der Waals surface area (Å²) in [5, 5.41) is 9.75. The Morgan fingerprint density at radius 1 is 1.16 bits per heavy atom. The van der Waals surface area contributed by atoms with E-state index in [4.69, 9.17) is 14.2 Å². The average molecular weight is 461 g/mol. The van der Waals surface area contributed by atoms with Crippen molar-refractivity contribution < 1.29 is 19.0 Å². The summed E-state index contributed by atoms with van der Waals surface area (Å²) < 4.78 is 18.6. The molecule has 1 aromatic heterocycles. The number of ether oxygens (including phenoxy) is 3. The number of rotatable bonds is 9. The first kappa shape index (κ1) is 22.9. The van der Waals surface area contributed by atoms with Crippen molar-refractivity contribution in [1.82, 2.24) is 14.8 Å². The monoisotopic (exact) mass is 460 g/mol. The second kappa shape index (κ2) is 10.6. The molecule has 2 aliphatic rings. The number of anilines is 1. The summed E-state index contributed by atoms with van der Waals surface area (Å²) in [5.74, 6) is 3.08. The van der Waals surface area contributed by atoms with Gasteiger partial charge >= 0.3 is 0 Å². The van der Waals surface area contributed by atoms with Crippen LogP contribution in [0.2, 0.25) is 0 Å². The molecule has 32 heavy (non-hydrogen) atoms. The lowest BCUT2D eigenvalue weighted by Crippen LogP contribution is -2.35. The first-order valence-electron chi connectivity index (χ1n) is 11.3. The lowest BCUT2D eigenvalue weighted by molar-refractivity contribution is 0.0951. The van der Waals surface area contributed by atoms with Gasteiger partial charge in [-0.2, -0.15) is 0 Å². The van der Waals surface area contributed by atoms with Gasteiger partial charge < -0.3 is 19.1 Å². The number of benzene rings is 1. The number of carbonyl (C=O) groups is 1. The number of hydrogen-bond donors (Lipinski definition) is 0. The Hall–Kier alpha value is -2.26. The molecule has 2 aliphatic heterocycles. The van der Waals surface area contributed by atoms with Crippen LogP contribution >= 0.6 is 11.8 Å². The fourth-order valence-corrected chi connectivity index (χ4v) is 5.04. The lowest BCUT2D eigenvalue weighted by Gasteiger charge is -2.31. The van der Waals surface area contributed by atoms with Crippen LogP contribution in [-0.2, 0) is 11.3 Å². The molecule has 1 unspecified atom stereocenters. The van der Waals surface area contributed by atoms with E-state index in [0.29, 0.717) is 17.1 Å². The van der Waals surface area contributed by atoms with E-state index in [9.17, 15) is 4.79 Å². The van der Waals surface area contributed by atoms with E-state index in [1.54, 1.807) is 32.4 Å². The normalized spacial score (nSPS) is 19.3. The molecule has 2 saturated heterocycles. The maximum atomic E-state index is 12.9. The topological polar surface area (TPSA) is 78.7 Å². The van der Waals surface area contributed by atoms with Crippen molar-refractivity contribution in [2.45, 2.75) is 50.4 Å². The smallest absolute Gasteiger partial charge is 0.228 e. The number of carbonyl (C=O) groups excluding carboxylic acids is 1. The number of ketones is 1. The van der Waals surface area contributed by atoms with E-state index in [0.717, 1.165) is 68.9 Å². The maximum Gasteiger partial charge on any atom is 0.228 e. The summed E-state index contributed by atoms with van der Waals surface area (Å²) in [6.07, 6.45) is 4.63. The predicted octanol–water partition coefficient (Wildman–Crippen LogP) is 3.69. The molecule has 0 aliphatic carbocycles. The zero-order valence-corrected chi connectivity index (χ0v) is 19.9. The van der Waals surface area contributed by atoms with E-state index in [-0.39, 0.29) is 17.6 Å². The van der Waals surface area contributed by atoms with Crippen LogP contribution in [0, 0.1) is 5.92 Å². The molecule has 2 fully saturated rings. The summed E-state index contributed by atoms with van der Waals surface area (Å²) in [6, 6.07) is 5.24. The molecule has 1 atom stereocenters. The highest BCUT2D eigenvalue weighted by molar-refractivity contribution is 7.99. The molecule has 0 radical (unpaired) electrons. The summed E-state index contributed by atoms with van der Waals surface area (Å²) in [4.78, 5) is 15.2. The second-order valence-electron chi connectivity index (χ2n) is 8.48. The highest BCUT2D eigenvalue weighted by atomic mass is 32.2. The number of piperidine rings is 1. The minimum absolute atomic E-state index is 0.0102. The van der Waals surface area contributed by atoms with Gasteiger partial charge in [0.2, 0.25) is 5.95 Å². The van der Waals surface area contributed by atoms with Gasteiger partial charge in [0.1, 0.15) is 0 Å². The van der Waals surface area contributed by atoms with Gasteiger partial charge in [0.25, 0.3) is 0 Å². The van der Waals surface area contributed by atoms with Gasteiger partial charge in [-0.1, -0.05) is 18.7 Å². The Morgan fingerprint density at radius 3 is 2.62 bits per heavy atom. The van der Waals surface area contributed by atoms with E-state index in [2.05, 4.69) is 26.6 Å².